The minimum Gasteiger partial charge on any atom is -0.495 e. The molecule has 0 fully saturated rings. The monoisotopic (exact) mass is 488 g/mol. The molecule has 0 aliphatic carbocycles. The largest absolute Gasteiger partial charge is 0.495 e. The van der Waals surface area contributed by atoms with Gasteiger partial charge in [0.2, 0.25) is 5.89 Å². The third-order valence-corrected chi connectivity index (χ3v) is 6.51. The first-order chi connectivity index (χ1) is 15.4. The molecule has 0 saturated heterocycles. The molecule has 3 aromatic rings. The van der Waals surface area contributed by atoms with Crippen LogP contribution in [0.5, 0.6) is 5.75 Å². The van der Waals surface area contributed by atoms with Gasteiger partial charge in [-0.05, 0) is 41.6 Å². The molecular formula is C22H21ClN4O3S2. The van der Waals surface area contributed by atoms with Gasteiger partial charge in [-0.25, -0.2) is 4.99 Å². The Hall–Kier alpha value is -2.62. The van der Waals surface area contributed by atoms with Crippen LogP contribution in [0, 0.1) is 5.92 Å². The van der Waals surface area contributed by atoms with Gasteiger partial charge in [0.1, 0.15) is 11.4 Å². The van der Waals surface area contributed by atoms with Gasteiger partial charge in [-0.15, -0.1) is 11.3 Å². The number of amidine groups is 1. The molecule has 4 rings (SSSR count). The van der Waals surface area contributed by atoms with Gasteiger partial charge in [0.25, 0.3) is 5.91 Å². The minimum absolute atomic E-state index is 0.229. The SMILES string of the molecule is COc1ccc(N2C(=O)/C(=C\c3cccs3)N=C2SCc2nc(CC(C)C)no2)cc1Cl. The van der Waals surface area contributed by atoms with Gasteiger partial charge in [0.05, 0.1) is 23.6 Å². The van der Waals surface area contributed by atoms with Crippen LogP contribution in [-0.2, 0) is 17.0 Å². The zero-order chi connectivity index (χ0) is 22.7. The lowest BCUT2D eigenvalue weighted by Gasteiger charge is -2.18. The molecule has 7 nitrogen and oxygen atoms in total. The number of hydrogen-bond donors (Lipinski definition) is 0. The molecule has 0 bridgehead atoms. The van der Waals surface area contributed by atoms with E-state index in [1.54, 1.807) is 47.6 Å². The number of carbonyl (C=O) groups is 1. The smallest absolute Gasteiger partial charge is 0.283 e. The van der Waals surface area contributed by atoms with Gasteiger partial charge >= 0.3 is 0 Å². The Balaban J connectivity index is 1.61. The number of amides is 1. The number of rotatable bonds is 7. The van der Waals surface area contributed by atoms with E-state index in [1.807, 2.05) is 17.5 Å². The van der Waals surface area contributed by atoms with Crippen LogP contribution >= 0.6 is 34.7 Å². The average Bonchev–Trinajstić information content (AvgIpc) is 3.48. The molecule has 0 saturated carbocycles. The van der Waals surface area contributed by atoms with Crippen molar-refractivity contribution in [2.24, 2.45) is 10.9 Å². The maximum atomic E-state index is 13.3. The first kappa shape index (κ1) is 22.6. The lowest BCUT2D eigenvalue weighted by atomic mass is 10.1. The molecule has 1 aromatic carbocycles. The Morgan fingerprint density at radius 2 is 2.19 bits per heavy atom. The molecule has 1 aliphatic heterocycles. The Bertz CT molecular complexity index is 1170. The molecule has 166 valence electrons. The fourth-order valence-electron chi connectivity index (χ4n) is 3.05. The summed E-state index contributed by atoms with van der Waals surface area (Å²) >= 11 is 9.21. The first-order valence-electron chi connectivity index (χ1n) is 9.90. The summed E-state index contributed by atoms with van der Waals surface area (Å²) in [6, 6.07) is 9.07. The quantitative estimate of drug-likeness (QED) is 0.398. The number of anilines is 1. The number of ether oxygens (including phenoxy) is 1. The number of hydrogen-bond acceptors (Lipinski definition) is 8. The number of benzene rings is 1. The van der Waals surface area contributed by atoms with Crippen LogP contribution in [-0.4, -0.2) is 28.3 Å². The fourth-order valence-corrected chi connectivity index (χ4v) is 4.80. The van der Waals surface area contributed by atoms with Crippen LogP contribution in [0.15, 0.2) is 50.9 Å². The number of thiophene rings is 1. The van der Waals surface area contributed by atoms with E-state index in [0.29, 0.717) is 50.7 Å². The number of aromatic nitrogens is 2. The third-order valence-electron chi connectivity index (χ3n) is 4.47. The van der Waals surface area contributed by atoms with E-state index in [0.717, 1.165) is 11.3 Å². The summed E-state index contributed by atoms with van der Waals surface area (Å²) in [6.07, 6.45) is 2.53. The van der Waals surface area contributed by atoms with Crippen molar-refractivity contribution in [3.63, 3.8) is 0 Å². The van der Waals surface area contributed by atoms with Crippen molar-refractivity contribution in [3.8, 4) is 5.75 Å². The molecule has 1 aliphatic rings. The molecule has 10 heteroatoms. The van der Waals surface area contributed by atoms with Crippen molar-refractivity contribution in [2.45, 2.75) is 26.0 Å². The maximum Gasteiger partial charge on any atom is 0.283 e. The summed E-state index contributed by atoms with van der Waals surface area (Å²) in [4.78, 5) is 24.8. The van der Waals surface area contributed by atoms with E-state index in [1.165, 1.54) is 11.8 Å². The van der Waals surface area contributed by atoms with Crippen molar-refractivity contribution in [1.82, 2.24) is 10.1 Å². The molecule has 3 heterocycles. The zero-order valence-electron chi connectivity index (χ0n) is 17.7. The zero-order valence-corrected chi connectivity index (χ0v) is 20.1. The molecule has 2 aromatic heterocycles. The third kappa shape index (κ3) is 5.06. The van der Waals surface area contributed by atoms with Gasteiger partial charge in [-0.3, -0.25) is 9.69 Å². The molecule has 0 radical (unpaired) electrons. The number of thioether (sulfide) groups is 1. The standard InChI is InChI=1S/C22H21ClN4O3S2/c1-13(2)9-19-25-20(30-26-19)12-32-22-24-17(11-15-5-4-8-31-15)21(28)27(22)14-6-7-18(29-3)16(23)10-14/h4-8,10-11,13H,9,12H2,1-3H3/b17-11+. The maximum absolute atomic E-state index is 13.3. The van der Waals surface area contributed by atoms with Crippen molar-refractivity contribution in [1.29, 1.82) is 0 Å². The van der Waals surface area contributed by atoms with Crippen LogP contribution in [0.2, 0.25) is 5.02 Å². The number of methoxy groups -OCH3 is 1. The Morgan fingerprint density at radius 3 is 2.88 bits per heavy atom. The predicted octanol–water partition coefficient (Wildman–Crippen LogP) is 5.67. The molecule has 32 heavy (non-hydrogen) atoms. The second-order valence-electron chi connectivity index (χ2n) is 7.39. The summed E-state index contributed by atoms with van der Waals surface area (Å²) in [5, 5.41) is 6.91. The minimum atomic E-state index is -0.229. The van der Waals surface area contributed by atoms with Gasteiger partial charge in [-0.1, -0.05) is 48.4 Å². The topological polar surface area (TPSA) is 80.8 Å². The highest BCUT2D eigenvalue weighted by Crippen LogP contribution is 2.35. The van der Waals surface area contributed by atoms with Crippen LogP contribution in [0.25, 0.3) is 6.08 Å². The van der Waals surface area contributed by atoms with Crippen LogP contribution < -0.4 is 9.64 Å². The normalized spacial score (nSPS) is 15.2. The van der Waals surface area contributed by atoms with Crippen LogP contribution in [0.3, 0.4) is 0 Å². The van der Waals surface area contributed by atoms with Crippen molar-refractivity contribution < 1.29 is 14.1 Å². The van der Waals surface area contributed by atoms with E-state index in [9.17, 15) is 4.79 Å². The Labute approximate surface area is 199 Å². The summed E-state index contributed by atoms with van der Waals surface area (Å²) in [6.45, 7) is 4.20. The number of carbonyl (C=O) groups excluding carboxylic acids is 1. The molecule has 0 unspecified atom stereocenters. The van der Waals surface area contributed by atoms with E-state index >= 15 is 0 Å². The van der Waals surface area contributed by atoms with E-state index in [-0.39, 0.29) is 5.91 Å². The highest BCUT2D eigenvalue weighted by atomic mass is 35.5. The second-order valence-corrected chi connectivity index (χ2v) is 9.72. The molecule has 0 N–H and O–H groups in total. The van der Waals surface area contributed by atoms with Gasteiger partial charge in [0.15, 0.2) is 11.0 Å². The van der Waals surface area contributed by atoms with E-state index in [2.05, 4.69) is 29.0 Å². The number of halogens is 1. The summed E-state index contributed by atoms with van der Waals surface area (Å²) in [5.74, 6) is 2.30. The van der Waals surface area contributed by atoms with Crippen molar-refractivity contribution in [2.75, 3.05) is 12.0 Å². The Kier molecular flexibility index (Phi) is 6.98. The van der Waals surface area contributed by atoms with E-state index < -0.39 is 0 Å². The molecule has 0 atom stereocenters. The molecule has 0 spiro atoms. The van der Waals surface area contributed by atoms with Crippen molar-refractivity contribution in [3.05, 3.63) is 63.0 Å². The lowest BCUT2D eigenvalue weighted by Crippen LogP contribution is -2.30. The lowest BCUT2D eigenvalue weighted by molar-refractivity contribution is -0.113. The summed E-state index contributed by atoms with van der Waals surface area (Å²) in [5.41, 5.74) is 0.959. The van der Waals surface area contributed by atoms with Crippen LogP contribution in [0.1, 0.15) is 30.4 Å². The summed E-state index contributed by atoms with van der Waals surface area (Å²) < 4.78 is 10.6. The molecule has 1 amide bonds. The van der Waals surface area contributed by atoms with Crippen molar-refractivity contribution >= 4 is 57.5 Å². The van der Waals surface area contributed by atoms with Gasteiger partial charge < -0.3 is 9.26 Å². The van der Waals surface area contributed by atoms with E-state index in [4.69, 9.17) is 20.9 Å². The first-order valence-corrected chi connectivity index (χ1v) is 12.1. The highest BCUT2D eigenvalue weighted by Gasteiger charge is 2.33. The predicted molar refractivity (Wildman–Crippen MR) is 129 cm³/mol. The van der Waals surface area contributed by atoms with Gasteiger partial charge in [0, 0.05) is 11.3 Å². The summed E-state index contributed by atoms with van der Waals surface area (Å²) in [7, 11) is 1.55. The number of aliphatic imine (C=N–C) groups is 1. The Morgan fingerprint density at radius 1 is 1.34 bits per heavy atom. The van der Waals surface area contributed by atoms with Crippen LogP contribution in [0.4, 0.5) is 5.69 Å². The highest BCUT2D eigenvalue weighted by molar-refractivity contribution is 8.13. The second kappa shape index (κ2) is 9.89. The number of nitrogens with zero attached hydrogens (tertiary/aromatic N) is 4. The molecular weight excluding hydrogens is 468 g/mol. The average molecular weight is 489 g/mol. The van der Waals surface area contributed by atoms with Gasteiger partial charge in [-0.2, -0.15) is 4.98 Å². The fraction of sp³-hybridized carbons (Fsp3) is 0.273.